The first-order valence-electron chi connectivity index (χ1n) is 11.4. The Morgan fingerprint density at radius 3 is 2.53 bits per heavy atom. The largest absolute Gasteiger partial charge is 0.483 e. The predicted octanol–water partition coefficient (Wildman–Crippen LogP) is 5.20. The van der Waals surface area contributed by atoms with E-state index in [-0.39, 0.29) is 31.0 Å². The van der Waals surface area contributed by atoms with E-state index in [0.29, 0.717) is 17.2 Å². The summed E-state index contributed by atoms with van der Waals surface area (Å²) in [7, 11) is 0. The summed E-state index contributed by atoms with van der Waals surface area (Å²) in [5, 5.41) is 3.72. The van der Waals surface area contributed by atoms with Gasteiger partial charge in [0.1, 0.15) is 11.8 Å². The Morgan fingerprint density at radius 1 is 1.16 bits per heavy atom. The van der Waals surface area contributed by atoms with Crippen molar-refractivity contribution < 1.29 is 14.3 Å². The van der Waals surface area contributed by atoms with Crippen LogP contribution in [-0.4, -0.2) is 35.4 Å². The zero-order chi connectivity index (χ0) is 23.1. The maximum absolute atomic E-state index is 13.3. The number of ether oxygens (including phenoxy) is 1. The lowest BCUT2D eigenvalue weighted by molar-refractivity contribution is -0.143. The van der Waals surface area contributed by atoms with E-state index in [4.69, 9.17) is 16.3 Å². The van der Waals surface area contributed by atoms with Crippen LogP contribution in [0.15, 0.2) is 42.5 Å². The zero-order valence-corrected chi connectivity index (χ0v) is 20.0. The molecule has 2 aromatic carbocycles. The standard InChI is InChI=1S/C26H33ClN2O3/c1-4-23(26(31)28-21-10-6-7-11-21)29(16-20-9-5-8-12-22(20)27)25(30)17-32-24-14-13-18(2)15-19(24)3/h5,8-9,12-15,21,23H,4,6-7,10-11,16-17H2,1-3H3,(H,28,31)/t23-/m0/s1. The van der Waals surface area contributed by atoms with Crippen molar-refractivity contribution in [3.05, 3.63) is 64.2 Å². The number of hydrogen-bond acceptors (Lipinski definition) is 3. The van der Waals surface area contributed by atoms with E-state index in [1.165, 1.54) is 0 Å². The average molecular weight is 457 g/mol. The van der Waals surface area contributed by atoms with Crippen LogP contribution in [0.2, 0.25) is 5.02 Å². The second kappa shape index (κ2) is 11.4. The summed E-state index contributed by atoms with van der Waals surface area (Å²) < 4.78 is 5.85. The molecule has 0 spiro atoms. The van der Waals surface area contributed by atoms with E-state index in [0.717, 1.165) is 42.4 Å². The van der Waals surface area contributed by atoms with E-state index < -0.39 is 6.04 Å². The molecule has 0 unspecified atom stereocenters. The third-order valence-corrected chi connectivity index (χ3v) is 6.44. The summed E-state index contributed by atoms with van der Waals surface area (Å²) in [4.78, 5) is 28.1. The molecule has 2 amide bonds. The molecule has 172 valence electrons. The smallest absolute Gasteiger partial charge is 0.261 e. The highest BCUT2D eigenvalue weighted by molar-refractivity contribution is 6.31. The minimum atomic E-state index is -0.581. The summed E-state index contributed by atoms with van der Waals surface area (Å²) in [6.07, 6.45) is 4.77. The lowest BCUT2D eigenvalue weighted by atomic mass is 10.1. The quantitative estimate of drug-likeness (QED) is 0.564. The van der Waals surface area contributed by atoms with Crippen LogP contribution in [0.1, 0.15) is 55.7 Å². The summed E-state index contributed by atoms with van der Waals surface area (Å²) in [5.74, 6) is 0.328. The molecule has 1 atom stereocenters. The molecule has 1 aliphatic carbocycles. The van der Waals surface area contributed by atoms with Crippen molar-refractivity contribution in [1.82, 2.24) is 10.2 Å². The fraction of sp³-hybridized carbons (Fsp3) is 0.462. The van der Waals surface area contributed by atoms with Crippen molar-refractivity contribution in [2.45, 2.75) is 71.5 Å². The van der Waals surface area contributed by atoms with Gasteiger partial charge in [-0.3, -0.25) is 9.59 Å². The number of carbonyl (C=O) groups excluding carboxylic acids is 2. The van der Waals surface area contributed by atoms with Crippen molar-refractivity contribution in [1.29, 1.82) is 0 Å². The van der Waals surface area contributed by atoms with Gasteiger partial charge in [-0.25, -0.2) is 0 Å². The minimum Gasteiger partial charge on any atom is -0.483 e. The molecule has 0 saturated heterocycles. The maximum atomic E-state index is 13.3. The van der Waals surface area contributed by atoms with Crippen LogP contribution < -0.4 is 10.1 Å². The number of rotatable bonds is 9. The summed E-state index contributed by atoms with van der Waals surface area (Å²) in [6.45, 7) is 6.02. The van der Waals surface area contributed by atoms with Gasteiger partial charge in [-0.15, -0.1) is 0 Å². The van der Waals surface area contributed by atoms with Crippen LogP contribution in [0, 0.1) is 13.8 Å². The van der Waals surface area contributed by atoms with Crippen molar-refractivity contribution in [3.63, 3.8) is 0 Å². The lowest BCUT2D eigenvalue weighted by Crippen LogP contribution is -2.52. The number of benzene rings is 2. The molecular weight excluding hydrogens is 424 g/mol. The molecule has 1 saturated carbocycles. The van der Waals surface area contributed by atoms with Crippen LogP contribution in [-0.2, 0) is 16.1 Å². The van der Waals surface area contributed by atoms with Gasteiger partial charge < -0.3 is 15.0 Å². The molecule has 1 fully saturated rings. The van der Waals surface area contributed by atoms with Crippen LogP contribution in [0.25, 0.3) is 0 Å². The van der Waals surface area contributed by atoms with Crippen LogP contribution in [0.5, 0.6) is 5.75 Å². The number of aryl methyl sites for hydroxylation is 2. The van der Waals surface area contributed by atoms with E-state index in [2.05, 4.69) is 5.32 Å². The minimum absolute atomic E-state index is 0.105. The summed E-state index contributed by atoms with van der Waals surface area (Å²) >= 11 is 6.38. The third kappa shape index (κ3) is 6.26. The van der Waals surface area contributed by atoms with Crippen LogP contribution >= 0.6 is 11.6 Å². The Morgan fingerprint density at radius 2 is 1.88 bits per heavy atom. The molecule has 0 aliphatic heterocycles. The fourth-order valence-electron chi connectivity index (χ4n) is 4.28. The van der Waals surface area contributed by atoms with Crippen molar-refractivity contribution in [2.24, 2.45) is 0 Å². The summed E-state index contributed by atoms with van der Waals surface area (Å²) in [5.41, 5.74) is 2.92. The topological polar surface area (TPSA) is 58.6 Å². The van der Waals surface area contributed by atoms with E-state index in [1.807, 2.05) is 57.2 Å². The Bertz CT molecular complexity index is 940. The summed E-state index contributed by atoms with van der Waals surface area (Å²) in [6, 6.07) is 12.9. The van der Waals surface area contributed by atoms with Gasteiger partial charge in [-0.2, -0.15) is 0 Å². The van der Waals surface area contributed by atoms with Gasteiger partial charge >= 0.3 is 0 Å². The van der Waals surface area contributed by atoms with Crippen LogP contribution in [0.3, 0.4) is 0 Å². The molecular formula is C26H33ClN2O3. The van der Waals surface area contributed by atoms with Gasteiger partial charge in [0, 0.05) is 17.6 Å². The Labute approximate surface area is 196 Å². The average Bonchev–Trinajstić information content (AvgIpc) is 3.27. The normalized spacial score (nSPS) is 14.8. The van der Waals surface area contributed by atoms with Crippen molar-refractivity contribution >= 4 is 23.4 Å². The second-order valence-electron chi connectivity index (χ2n) is 8.58. The molecule has 2 aromatic rings. The Balaban J connectivity index is 1.78. The number of halogens is 1. The first kappa shape index (κ1) is 24.1. The third-order valence-electron chi connectivity index (χ3n) is 6.07. The van der Waals surface area contributed by atoms with Gasteiger partial charge in [0.25, 0.3) is 5.91 Å². The second-order valence-corrected chi connectivity index (χ2v) is 8.99. The van der Waals surface area contributed by atoms with Gasteiger partial charge in [-0.05, 0) is 56.4 Å². The van der Waals surface area contributed by atoms with E-state index in [1.54, 1.807) is 11.0 Å². The molecule has 5 nitrogen and oxygen atoms in total. The van der Waals surface area contributed by atoms with Crippen molar-refractivity contribution in [3.8, 4) is 5.75 Å². The highest BCUT2D eigenvalue weighted by Crippen LogP contribution is 2.23. The SMILES string of the molecule is CC[C@@H](C(=O)NC1CCCC1)N(Cc1ccccc1Cl)C(=O)COc1ccc(C)cc1C. The molecule has 1 aliphatic rings. The molecule has 6 heteroatoms. The van der Waals surface area contributed by atoms with Crippen LogP contribution in [0.4, 0.5) is 0 Å². The number of amides is 2. The number of nitrogens with one attached hydrogen (secondary N) is 1. The lowest BCUT2D eigenvalue weighted by Gasteiger charge is -2.31. The highest BCUT2D eigenvalue weighted by Gasteiger charge is 2.31. The molecule has 3 rings (SSSR count). The van der Waals surface area contributed by atoms with Gasteiger partial charge in [0.15, 0.2) is 6.61 Å². The fourth-order valence-corrected chi connectivity index (χ4v) is 4.48. The van der Waals surface area contributed by atoms with Gasteiger partial charge in [0.05, 0.1) is 0 Å². The zero-order valence-electron chi connectivity index (χ0n) is 19.2. The number of nitrogens with zero attached hydrogens (tertiary/aromatic N) is 1. The predicted molar refractivity (Wildman–Crippen MR) is 128 cm³/mol. The van der Waals surface area contributed by atoms with Gasteiger partial charge in [-0.1, -0.05) is 67.3 Å². The first-order valence-corrected chi connectivity index (χ1v) is 11.8. The maximum Gasteiger partial charge on any atom is 0.261 e. The van der Waals surface area contributed by atoms with Crippen molar-refractivity contribution in [2.75, 3.05) is 6.61 Å². The van der Waals surface area contributed by atoms with E-state index in [9.17, 15) is 9.59 Å². The van der Waals surface area contributed by atoms with Gasteiger partial charge in [0.2, 0.25) is 5.91 Å². The monoisotopic (exact) mass is 456 g/mol. The molecule has 1 N–H and O–H groups in total. The molecule has 0 aromatic heterocycles. The first-order chi connectivity index (χ1) is 15.4. The molecule has 0 heterocycles. The molecule has 0 bridgehead atoms. The Kier molecular flexibility index (Phi) is 8.57. The highest BCUT2D eigenvalue weighted by atomic mass is 35.5. The Hall–Kier alpha value is -2.53. The number of carbonyl (C=O) groups is 2. The molecule has 0 radical (unpaired) electrons. The number of hydrogen-bond donors (Lipinski definition) is 1. The van der Waals surface area contributed by atoms with E-state index >= 15 is 0 Å². The molecule has 32 heavy (non-hydrogen) atoms.